The molecule has 2 rings (SSSR count). The molecular weight excluding hydrogens is 205 g/mol. The van der Waals surface area contributed by atoms with Gasteiger partial charge in [-0.05, 0) is 25.0 Å². The summed E-state index contributed by atoms with van der Waals surface area (Å²) in [6.07, 6.45) is -2.24. The predicted molar refractivity (Wildman–Crippen MR) is 49.1 cm³/mol. The van der Waals surface area contributed by atoms with E-state index in [1.807, 2.05) is 0 Å². The van der Waals surface area contributed by atoms with Crippen LogP contribution in [-0.4, -0.2) is 16.7 Å². The maximum Gasteiger partial charge on any atom is 0.406 e. The Morgan fingerprint density at radius 1 is 1.33 bits per heavy atom. The third kappa shape index (κ3) is 2.12. The van der Waals surface area contributed by atoms with Gasteiger partial charge < -0.3 is 0 Å². The smallest absolute Gasteiger partial charge is 0.298 e. The van der Waals surface area contributed by atoms with E-state index in [0.717, 1.165) is 0 Å². The van der Waals surface area contributed by atoms with Gasteiger partial charge in [0.2, 0.25) is 0 Å². The van der Waals surface area contributed by atoms with E-state index < -0.39 is 11.7 Å². The molecule has 0 saturated heterocycles. The van der Waals surface area contributed by atoms with Crippen LogP contribution in [0.25, 0.3) is 0 Å². The van der Waals surface area contributed by atoms with Gasteiger partial charge in [-0.15, -0.1) is 0 Å². The van der Waals surface area contributed by atoms with Crippen molar-refractivity contribution in [2.24, 2.45) is 0 Å². The maximum absolute atomic E-state index is 12.5. The molecule has 5 heteroatoms. The van der Waals surface area contributed by atoms with Crippen LogP contribution in [0.5, 0.6) is 0 Å². The fraction of sp³-hybridized carbons (Fsp3) is 0.500. The van der Waals surface area contributed by atoms with E-state index in [-0.39, 0.29) is 19.4 Å². The van der Waals surface area contributed by atoms with Gasteiger partial charge in [-0.25, -0.2) is 0 Å². The molecule has 2 nitrogen and oxygen atoms in total. The first kappa shape index (κ1) is 10.4. The molecule has 1 aliphatic carbocycles. The molecule has 82 valence electrons. The zero-order valence-electron chi connectivity index (χ0n) is 8.01. The number of aromatic nitrogens is 1. The molecule has 1 aliphatic rings. The first-order chi connectivity index (χ1) is 7.04. The lowest BCUT2D eigenvalue weighted by Crippen LogP contribution is -2.44. The first-order valence-electron chi connectivity index (χ1n) is 4.75. The van der Waals surface area contributed by atoms with Crippen molar-refractivity contribution in [3.05, 3.63) is 30.1 Å². The lowest BCUT2D eigenvalue weighted by Gasteiger charge is -2.20. The molecule has 1 heterocycles. The standard InChI is InChI=1S/C10H11F3N2/c11-10(12,13)9(4-5-9)15-7-8-3-1-2-6-14-8/h1-3,6,15H,4-5,7H2. The van der Waals surface area contributed by atoms with Crippen molar-refractivity contribution < 1.29 is 13.2 Å². The normalized spacial score (nSPS) is 18.9. The number of nitrogens with one attached hydrogen (secondary N) is 1. The van der Waals surface area contributed by atoms with Crippen LogP contribution in [-0.2, 0) is 6.54 Å². The summed E-state index contributed by atoms with van der Waals surface area (Å²) < 4.78 is 37.5. The van der Waals surface area contributed by atoms with Crippen LogP contribution < -0.4 is 5.32 Å². The van der Waals surface area contributed by atoms with Gasteiger partial charge in [-0.1, -0.05) is 6.07 Å². The molecule has 1 aromatic heterocycles. The van der Waals surface area contributed by atoms with E-state index in [4.69, 9.17) is 0 Å². The molecule has 0 bridgehead atoms. The van der Waals surface area contributed by atoms with Gasteiger partial charge in [0.05, 0.1) is 5.69 Å². The molecule has 1 aromatic rings. The lowest BCUT2D eigenvalue weighted by atomic mass is 10.2. The minimum atomic E-state index is -4.15. The molecule has 0 radical (unpaired) electrons. The van der Waals surface area contributed by atoms with Crippen LogP contribution in [0.15, 0.2) is 24.4 Å². The minimum Gasteiger partial charge on any atom is -0.298 e. The Hall–Kier alpha value is -1.10. The highest BCUT2D eigenvalue weighted by Crippen LogP contribution is 2.48. The number of halogens is 3. The van der Waals surface area contributed by atoms with Gasteiger partial charge in [0.25, 0.3) is 0 Å². The Morgan fingerprint density at radius 3 is 2.53 bits per heavy atom. The second-order valence-corrected chi connectivity index (χ2v) is 3.75. The summed E-state index contributed by atoms with van der Waals surface area (Å²) in [6, 6.07) is 5.21. The highest BCUT2D eigenvalue weighted by atomic mass is 19.4. The van der Waals surface area contributed by atoms with E-state index in [1.54, 1.807) is 24.4 Å². The first-order valence-corrected chi connectivity index (χ1v) is 4.75. The molecule has 0 aromatic carbocycles. The minimum absolute atomic E-state index is 0.167. The van der Waals surface area contributed by atoms with Crippen LogP contribution in [0, 0.1) is 0 Å². The van der Waals surface area contributed by atoms with Crippen LogP contribution >= 0.6 is 0 Å². The Kier molecular flexibility index (Phi) is 2.42. The van der Waals surface area contributed by atoms with Crippen molar-refractivity contribution in [2.45, 2.75) is 31.1 Å². The van der Waals surface area contributed by atoms with Gasteiger partial charge in [0, 0.05) is 12.7 Å². The van der Waals surface area contributed by atoms with Gasteiger partial charge in [-0.3, -0.25) is 10.3 Å². The average molecular weight is 216 g/mol. The summed E-state index contributed by atoms with van der Waals surface area (Å²) in [5.74, 6) is 0. The highest BCUT2D eigenvalue weighted by molar-refractivity contribution is 5.10. The van der Waals surface area contributed by atoms with E-state index in [0.29, 0.717) is 5.69 Å². The molecule has 0 atom stereocenters. The molecule has 1 saturated carbocycles. The zero-order valence-corrected chi connectivity index (χ0v) is 8.01. The summed E-state index contributed by atoms with van der Waals surface area (Å²) >= 11 is 0. The van der Waals surface area contributed by atoms with Crippen LogP contribution in [0.3, 0.4) is 0 Å². The van der Waals surface area contributed by atoms with Gasteiger partial charge in [0.1, 0.15) is 5.54 Å². The molecule has 0 amide bonds. The second kappa shape index (κ2) is 3.48. The van der Waals surface area contributed by atoms with Gasteiger partial charge in [0.15, 0.2) is 0 Å². The van der Waals surface area contributed by atoms with E-state index in [1.165, 1.54) is 0 Å². The Balaban J connectivity index is 1.95. The van der Waals surface area contributed by atoms with E-state index in [2.05, 4.69) is 10.3 Å². The number of rotatable bonds is 3. The Labute approximate surface area is 85.5 Å². The summed E-state index contributed by atoms with van der Waals surface area (Å²) in [4.78, 5) is 3.96. The maximum atomic E-state index is 12.5. The fourth-order valence-electron chi connectivity index (χ4n) is 1.45. The number of pyridine rings is 1. The number of hydrogen-bond donors (Lipinski definition) is 1. The molecular formula is C10H11F3N2. The van der Waals surface area contributed by atoms with Crippen molar-refractivity contribution in [2.75, 3.05) is 0 Å². The summed E-state index contributed by atoms with van der Waals surface area (Å²) in [7, 11) is 0. The topological polar surface area (TPSA) is 24.9 Å². The third-order valence-corrected chi connectivity index (χ3v) is 2.63. The summed E-state index contributed by atoms with van der Waals surface area (Å²) in [6.45, 7) is 0.167. The molecule has 1 fully saturated rings. The van der Waals surface area contributed by atoms with E-state index in [9.17, 15) is 13.2 Å². The molecule has 0 aliphatic heterocycles. The summed E-state index contributed by atoms with van der Waals surface area (Å²) in [5, 5.41) is 2.54. The number of nitrogens with zero attached hydrogens (tertiary/aromatic N) is 1. The number of hydrogen-bond acceptors (Lipinski definition) is 2. The van der Waals surface area contributed by atoms with Crippen LogP contribution in [0.2, 0.25) is 0 Å². The van der Waals surface area contributed by atoms with Crippen molar-refractivity contribution >= 4 is 0 Å². The lowest BCUT2D eigenvalue weighted by molar-refractivity contribution is -0.166. The summed E-state index contributed by atoms with van der Waals surface area (Å²) in [5.41, 5.74) is -1.02. The zero-order chi connectivity index (χ0) is 10.9. The largest absolute Gasteiger partial charge is 0.406 e. The SMILES string of the molecule is FC(F)(F)C1(NCc2ccccn2)CC1. The number of alkyl halides is 3. The molecule has 15 heavy (non-hydrogen) atoms. The molecule has 0 unspecified atom stereocenters. The van der Waals surface area contributed by atoms with E-state index >= 15 is 0 Å². The molecule has 1 N–H and O–H groups in total. The quantitative estimate of drug-likeness (QED) is 0.838. The van der Waals surface area contributed by atoms with Gasteiger partial charge >= 0.3 is 6.18 Å². The van der Waals surface area contributed by atoms with Gasteiger partial charge in [-0.2, -0.15) is 13.2 Å². The fourth-order valence-corrected chi connectivity index (χ4v) is 1.45. The Bertz CT molecular complexity index is 330. The Morgan fingerprint density at radius 2 is 2.07 bits per heavy atom. The monoisotopic (exact) mass is 216 g/mol. The van der Waals surface area contributed by atoms with Crippen LogP contribution in [0.4, 0.5) is 13.2 Å². The molecule has 0 spiro atoms. The second-order valence-electron chi connectivity index (χ2n) is 3.75. The van der Waals surface area contributed by atoms with Crippen molar-refractivity contribution in [3.63, 3.8) is 0 Å². The van der Waals surface area contributed by atoms with Crippen molar-refractivity contribution in [1.82, 2.24) is 10.3 Å². The predicted octanol–water partition coefficient (Wildman–Crippen LogP) is 2.27. The van der Waals surface area contributed by atoms with Crippen molar-refractivity contribution in [3.8, 4) is 0 Å². The third-order valence-electron chi connectivity index (χ3n) is 2.63. The van der Waals surface area contributed by atoms with Crippen molar-refractivity contribution in [1.29, 1.82) is 0 Å². The highest BCUT2D eigenvalue weighted by Gasteiger charge is 2.62. The van der Waals surface area contributed by atoms with Crippen LogP contribution in [0.1, 0.15) is 18.5 Å². The average Bonchev–Trinajstić information content (AvgIpc) is 2.96.